The Morgan fingerprint density at radius 2 is 1.78 bits per heavy atom. The molecule has 0 spiro atoms. The number of hydrogen-bond donors (Lipinski definition) is 2. The molecule has 0 saturated heterocycles. The standard InChI is InChI=1S/C21H21FN4O/c1-14(2)16-8-4-6-10-18(16)26-20-13-23-19(12-24-20)21(27)25-11-15-7-3-5-9-17(15)22/h3-10,12-14H,11H2,1-2H3,(H,24,26)(H,25,27). The molecule has 3 rings (SSSR count). The molecule has 3 aromatic rings. The van der Waals surface area contributed by atoms with Gasteiger partial charge in [0, 0.05) is 17.8 Å². The molecule has 0 saturated carbocycles. The Balaban J connectivity index is 1.65. The van der Waals surface area contributed by atoms with Crippen molar-refractivity contribution in [2.45, 2.75) is 26.3 Å². The zero-order chi connectivity index (χ0) is 19.2. The van der Waals surface area contributed by atoms with Crippen LogP contribution in [0.15, 0.2) is 60.9 Å². The van der Waals surface area contributed by atoms with Crippen LogP contribution in [0, 0.1) is 5.82 Å². The third kappa shape index (κ3) is 4.67. The Bertz CT molecular complexity index is 925. The average molecular weight is 364 g/mol. The zero-order valence-electron chi connectivity index (χ0n) is 15.2. The minimum Gasteiger partial charge on any atom is -0.346 e. The van der Waals surface area contributed by atoms with Crippen molar-refractivity contribution in [1.29, 1.82) is 0 Å². The number of carbonyl (C=O) groups is 1. The number of para-hydroxylation sites is 1. The van der Waals surface area contributed by atoms with Gasteiger partial charge in [-0.25, -0.2) is 14.4 Å². The highest BCUT2D eigenvalue weighted by molar-refractivity contribution is 5.92. The number of nitrogens with one attached hydrogen (secondary N) is 2. The second-order valence-electron chi connectivity index (χ2n) is 6.43. The van der Waals surface area contributed by atoms with Crippen LogP contribution in [-0.4, -0.2) is 15.9 Å². The lowest BCUT2D eigenvalue weighted by Gasteiger charge is -2.14. The molecule has 1 heterocycles. The second kappa shape index (κ2) is 8.40. The van der Waals surface area contributed by atoms with Crippen molar-refractivity contribution in [1.82, 2.24) is 15.3 Å². The number of rotatable bonds is 6. The first-order valence-corrected chi connectivity index (χ1v) is 8.74. The minimum absolute atomic E-state index is 0.0922. The third-order valence-corrected chi connectivity index (χ3v) is 4.13. The summed E-state index contributed by atoms with van der Waals surface area (Å²) in [6.45, 7) is 4.33. The van der Waals surface area contributed by atoms with E-state index in [4.69, 9.17) is 0 Å². The van der Waals surface area contributed by atoms with Gasteiger partial charge in [0.2, 0.25) is 0 Å². The fourth-order valence-corrected chi connectivity index (χ4v) is 2.67. The lowest BCUT2D eigenvalue weighted by molar-refractivity contribution is 0.0945. The summed E-state index contributed by atoms with van der Waals surface area (Å²) >= 11 is 0. The van der Waals surface area contributed by atoms with E-state index in [-0.39, 0.29) is 18.1 Å². The summed E-state index contributed by atoms with van der Waals surface area (Å²) in [7, 11) is 0. The van der Waals surface area contributed by atoms with E-state index in [1.807, 2.05) is 18.2 Å². The SMILES string of the molecule is CC(C)c1ccccc1Nc1cnc(C(=O)NCc2ccccc2F)cn1. The molecule has 5 nitrogen and oxygen atoms in total. The molecule has 0 aliphatic carbocycles. The molecule has 0 unspecified atom stereocenters. The zero-order valence-corrected chi connectivity index (χ0v) is 15.2. The maximum Gasteiger partial charge on any atom is 0.271 e. The molecular formula is C21H21FN4O. The largest absolute Gasteiger partial charge is 0.346 e. The predicted molar refractivity (Wildman–Crippen MR) is 103 cm³/mol. The van der Waals surface area contributed by atoms with Gasteiger partial charge in [-0.2, -0.15) is 0 Å². The van der Waals surface area contributed by atoms with Crippen LogP contribution in [0.4, 0.5) is 15.9 Å². The number of aromatic nitrogens is 2. The molecule has 27 heavy (non-hydrogen) atoms. The molecule has 0 aliphatic heterocycles. The molecule has 0 atom stereocenters. The van der Waals surface area contributed by atoms with Crippen molar-refractivity contribution in [3.63, 3.8) is 0 Å². The van der Waals surface area contributed by atoms with Gasteiger partial charge in [0.25, 0.3) is 5.91 Å². The Labute approximate surface area is 157 Å². The summed E-state index contributed by atoms with van der Waals surface area (Å²) in [6, 6.07) is 14.3. The summed E-state index contributed by atoms with van der Waals surface area (Å²) in [6.07, 6.45) is 2.91. The van der Waals surface area contributed by atoms with Crippen LogP contribution in [0.2, 0.25) is 0 Å². The fourth-order valence-electron chi connectivity index (χ4n) is 2.67. The van der Waals surface area contributed by atoms with Crippen molar-refractivity contribution in [2.24, 2.45) is 0 Å². The van der Waals surface area contributed by atoms with E-state index in [2.05, 4.69) is 40.5 Å². The number of halogens is 1. The molecule has 6 heteroatoms. The topological polar surface area (TPSA) is 66.9 Å². The molecular weight excluding hydrogens is 343 g/mol. The summed E-state index contributed by atoms with van der Waals surface area (Å²) in [5, 5.41) is 5.88. The summed E-state index contributed by atoms with van der Waals surface area (Å²) in [4.78, 5) is 20.6. The monoisotopic (exact) mass is 364 g/mol. The Morgan fingerprint density at radius 1 is 1.04 bits per heavy atom. The Kier molecular flexibility index (Phi) is 5.76. The summed E-state index contributed by atoms with van der Waals surface area (Å²) < 4.78 is 13.6. The van der Waals surface area contributed by atoms with Crippen LogP contribution in [-0.2, 0) is 6.54 Å². The van der Waals surface area contributed by atoms with Crippen molar-refractivity contribution in [3.05, 3.63) is 83.6 Å². The first-order chi connectivity index (χ1) is 13.0. The van der Waals surface area contributed by atoms with E-state index in [1.165, 1.54) is 24.0 Å². The van der Waals surface area contributed by atoms with Gasteiger partial charge in [0.1, 0.15) is 17.3 Å². The molecule has 138 valence electrons. The van der Waals surface area contributed by atoms with Gasteiger partial charge in [-0.1, -0.05) is 50.2 Å². The van der Waals surface area contributed by atoms with Crippen LogP contribution in [0.25, 0.3) is 0 Å². The minimum atomic E-state index is -0.403. The van der Waals surface area contributed by atoms with Gasteiger partial charge in [-0.05, 0) is 23.6 Å². The molecule has 0 aliphatic rings. The highest BCUT2D eigenvalue weighted by Gasteiger charge is 2.11. The molecule has 2 aromatic carbocycles. The molecule has 1 amide bonds. The maximum atomic E-state index is 13.6. The first-order valence-electron chi connectivity index (χ1n) is 8.74. The van der Waals surface area contributed by atoms with Gasteiger partial charge >= 0.3 is 0 Å². The highest BCUT2D eigenvalue weighted by atomic mass is 19.1. The van der Waals surface area contributed by atoms with Crippen molar-refractivity contribution < 1.29 is 9.18 Å². The van der Waals surface area contributed by atoms with Crippen LogP contribution >= 0.6 is 0 Å². The van der Waals surface area contributed by atoms with Gasteiger partial charge < -0.3 is 10.6 Å². The third-order valence-electron chi connectivity index (χ3n) is 4.13. The number of carbonyl (C=O) groups excluding carboxylic acids is 1. The van der Waals surface area contributed by atoms with E-state index >= 15 is 0 Å². The van der Waals surface area contributed by atoms with Crippen molar-refractivity contribution >= 4 is 17.4 Å². The van der Waals surface area contributed by atoms with E-state index in [0.717, 1.165) is 5.69 Å². The van der Waals surface area contributed by atoms with E-state index < -0.39 is 5.91 Å². The second-order valence-corrected chi connectivity index (χ2v) is 6.43. The van der Waals surface area contributed by atoms with Gasteiger partial charge in [0.05, 0.1) is 12.4 Å². The van der Waals surface area contributed by atoms with Crippen molar-refractivity contribution in [2.75, 3.05) is 5.32 Å². The lowest BCUT2D eigenvalue weighted by Crippen LogP contribution is -2.24. The molecule has 0 bridgehead atoms. The lowest BCUT2D eigenvalue weighted by atomic mass is 10.0. The number of nitrogens with zero attached hydrogens (tertiary/aromatic N) is 2. The molecule has 1 aromatic heterocycles. The fraction of sp³-hybridized carbons (Fsp3) is 0.190. The molecule has 2 N–H and O–H groups in total. The van der Waals surface area contributed by atoms with Gasteiger partial charge in [-0.3, -0.25) is 4.79 Å². The highest BCUT2D eigenvalue weighted by Crippen LogP contribution is 2.25. The van der Waals surface area contributed by atoms with Gasteiger partial charge in [-0.15, -0.1) is 0 Å². The average Bonchev–Trinajstić information content (AvgIpc) is 2.68. The van der Waals surface area contributed by atoms with Crippen LogP contribution in [0.3, 0.4) is 0 Å². The molecule has 0 radical (unpaired) electrons. The number of benzene rings is 2. The summed E-state index contributed by atoms with van der Waals surface area (Å²) in [5.41, 5.74) is 2.72. The van der Waals surface area contributed by atoms with Crippen LogP contribution in [0.1, 0.15) is 41.4 Å². The number of anilines is 2. The molecule has 0 fully saturated rings. The van der Waals surface area contributed by atoms with E-state index in [0.29, 0.717) is 17.3 Å². The van der Waals surface area contributed by atoms with Crippen LogP contribution in [0.5, 0.6) is 0 Å². The normalized spacial score (nSPS) is 10.7. The summed E-state index contributed by atoms with van der Waals surface area (Å²) in [5.74, 6) is 0.158. The van der Waals surface area contributed by atoms with E-state index in [9.17, 15) is 9.18 Å². The maximum absolute atomic E-state index is 13.6. The van der Waals surface area contributed by atoms with E-state index in [1.54, 1.807) is 18.2 Å². The number of hydrogen-bond acceptors (Lipinski definition) is 4. The smallest absolute Gasteiger partial charge is 0.271 e. The first kappa shape index (κ1) is 18.5. The Morgan fingerprint density at radius 3 is 2.48 bits per heavy atom. The van der Waals surface area contributed by atoms with Crippen LogP contribution < -0.4 is 10.6 Å². The Hall–Kier alpha value is -3.28. The number of amides is 1. The predicted octanol–water partition coefficient (Wildman–Crippen LogP) is 4.41. The van der Waals surface area contributed by atoms with Crippen molar-refractivity contribution in [3.8, 4) is 0 Å². The van der Waals surface area contributed by atoms with Gasteiger partial charge in [0.15, 0.2) is 0 Å². The quantitative estimate of drug-likeness (QED) is 0.680.